The smallest absolute Gasteiger partial charge is 0.125 e. The van der Waals surface area contributed by atoms with Gasteiger partial charge >= 0.3 is 0 Å². The number of benzene rings is 1. The van der Waals surface area contributed by atoms with Crippen molar-refractivity contribution in [2.45, 2.75) is 46.6 Å². The largest absolute Gasteiger partial charge is 0.371 e. The first-order chi connectivity index (χ1) is 9.62. The van der Waals surface area contributed by atoms with Crippen molar-refractivity contribution in [3.63, 3.8) is 0 Å². The van der Waals surface area contributed by atoms with E-state index in [2.05, 4.69) is 37.1 Å². The third-order valence-corrected chi connectivity index (χ3v) is 4.82. The van der Waals surface area contributed by atoms with Gasteiger partial charge < -0.3 is 10.2 Å². The molecule has 0 unspecified atom stereocenters. The lowest BCUT2D eigenvalue weighted by molar-refractivity contribution is 0.301. The summed E-state index contributed by atoms with van der Waals surface area (Å²) in [5.41, 5.74) is 2.50. The molecule has 0 saturated carbocycles. The van der Waals surface area contributed by atoms with Gasteiger partial charge in [-0.25, -0.2) is 4.39 Å². The maximum atomic E-state index is 13.8. The Bertz CT molecular complexity index is 441. The Balaban J connectivity index is 2.15. The normalized spacial score (nSPS) is 17.7. The predicted molar refractivity (Wildman–Crippen MR) is 83.6 cm³/mol. The van der Waals surface area contributed by atoms with Gasteiger partial charge in [0.2, 0.25) is 0 Å². The second kappa shape index (κ2) is 6.57. The van der Waals surface area contributed by atoms with Crippen molar-refractivity contribution in [2.24, 2.45) is 5.41 Å². The fourth-order valence-electron chi connectivity index (χ4n) is 3.17. The molecule has 0 spiro atoms. The van der Waals surface area contributed by atoms with Gasteiger partial charge in [0.05, 0.1) is 0 Å². The molecule has 112 valence electrons. The standard InChI is InChI=1S/C17H27FN2/c1-4-17(5-2)7-8-20(13-17)16-10-14(12-19-6-3)9-15(18)11-16/h9-11,19H,4-8,12-13H2,1-3H3. The lowest BCUT2D eigenvalue weighted by atomic mass is 9.82. The third kappa shape index (κ3) is 3.32. The van der Waals surface area contributed by atoms with Crippen molar-refractivity contribution in [1.82, 2.24) is 5.32 Å². The van der Waals surface area contributed by atoms with Gasteiger partial charge in [0.25, 0.3) is 0 Å². The summed E-state index contributed by atoms with van der Waals surface area (Å²) in [7, 11) is 0. The van der Waals surface area contributed by atoms with Crippen LogP contribution in [0, 0.1) is 11.2 Å². The average Bonchev–Trinajstić information content (AvgIpc) is 2.90. The minimum Gasteiger partial charge on any atom is -0.371 e. The van der Waals surface area contributed by atoms with Crippen LogP contribution in [0.15, 0.2) is 18.2 Å². The molecule has 0 amide bonds. The highest BCUT2D eigenvalue weighted by molar-refractivity contribution is 5.50. The van der Waals surface area contributed by atoms with Crippen molar-refractivity contribution in [3.8, 4) is 0 Å². The topological polar surface area (TPSA) is 15.3 Å². The summed E-state index contributed by atoms with van der Waals surface area (Å²) in [6, 6.07) is 5.44. The zero-order chi connectivity index (χ0) is 14.6. The van der Waals surface area contributed by atoms with Crippen LogP contribution in [-0.4, -0.2) is 19.6 Å². The van der Waals surface area contributed by atoms with E-state index in [-0.39, 0.29) is 5.82 Å². The van der Waals surface area contributed by atoms with Crippen LogP contribution in [0.4, 0.5) is 10.1 Å². The zero-order valence-corrected chi connectivity index (χ0v) is 13.0. The minimum absolute atomic E-state index is 0.124. The Kier molecular flexibility index (Phi) is 5.03. The predicted octanol–water partition coefficient (Wildman–Crippen LogP) is 3.95. The van der Waals surface area contributed by atoms with Crippen molar-refractivity contribution in [3.05, 3.63) is 29.6 Å². The summed E-state index contributed by atoms with van der Waals surface area (Å²) in [6.45, 7) is 10.4. The van der Waals surface area contributed by atoms with Crippen LogP contribution in [0.2, 0.25) is 0 Å². The highest BCUT2D eigenvalue weighted by Crippen LogP contribution is 2.39. The van der Waals surface area contributed by atoms with Crippen molar-refractivity contribution >= 4 is 5.69 Å². The number of halogens is 1. The fraction of sp³-hybridized carbons (Fsp3) is 0.647. The van der Waals surface area contributed by atoms with Gasteiger partial charge in [-0.05, 0) is 55.0 Å². The maximum Gasteiger partial charge on any atom is 0.125 e. The van der Waals surface area contributed by atoms with E-state index in [0.717, 1.165) is 37.4 Å². The van der Waals surface area contributed by atoms with Crippen molar-refractivity contribution in [2.75, 3.05) is 24.5 Å². The second-order valence-corrected chi connectivity index (χ2v) is 5.98. The summed E-state index contributed by atoms with van der Waals surface area (Å²) >= 11 is 0. The highest BCUT2D eigenvalue weighted by atomic mass is 19.1. The quantitative estimate of drug-likeness (QED) is 0.847. The molecule has 1 aromatic rings. The van der Waals surface area contributed by atoms with E-state index in [1.807, 2.05) is 0 Å². The molecule has 1 aromatic carbocycles. The first kappa shape index (κ1) is 15.3. The molecule has 1 aliphatic rings. The highest BCUT2D eigenvalue weighted by Gasteiger charge is 2.35. The maximum absolute atomic E-state index is 13.8. The second-order valence-electron chi connectivity index (χ2n) is 5.98. The molecule has 2 rings (SSSR count). The van der Waals surface area contributed by atoms with E-state index < -0.39 is 0 Å². The molecule has 1 aliphatic heterocycles. The number of hydrogen-bond acceptors (Lipinski definition) is 2. The minimum atomic E-state index is -0.124. The van der Waals surface area contributed by atoms with Gasteiger partial charge in [-0.2, -0.15) is 0 Å². The molecule has 20 heavy (non-hydrogen) atoms. The molecule has 0 bridgehead atoms. The van der Waals surface area contributed by atoms with E-state index in [0.29, 0.717) is 5.41 Å². The molecule has 3 heteroatoms. The van der Waals surface area contributed by atoms with E-state index in [9.17, 15) is 4.39 Å². The van der Waals surface area contributed by atoms with Crippen LogP contribution >= 0.6 is 0 Å². The molecule has 1 heterocycles. The van der Waals surface area contributed by atoms with Gasteiger partial charge in [0, 0.05) is 25.3 Å². The van der Waals surface area contributed by atoms with Crippen LogP contribution in [0.3, 0.4) is 0 Å². The summed E-state index contributed by atoms with van der Waals surface area (Å²) in [4.78, 5) is 2.35. The monoisotopic (exact) mass is 278 g/mol. The van der Waals surface area contributed by atoms with Gasteiger partial charge in [-0.3, -0.25) is 0 Å². The summed E-state index contributed by atoms with van der Waals surface area (Å²) in [5, 5.41) is 3.26. The molecule has 0 aromatic heterocycles. The fourth-order valence-corrected chi connectivity index (χ4v) is 3.17. The summed E-state index contributed by atoms with van der Waals surface area (Å²) < 4.78 is 13.8. The Labute approximate surface area is 122 Å². The Morgan fingerprint density at radius 1 is 1.20 bits per heavy atom. The molecule has 1 saturated heterocycles. The number of nitrogens with one attached hydrogen (secondary N) is 1. The number of nitrogens with zero attached hydrogens (tertiary/aromatic N) is 1. The molecule has 1 N–H and O–H groups in total. The lowest BCUT2D eigenvalue weighted by Crippen LogP contribution is -2.26. The average molecular weight is 278 g/mol. The molecule has 0 atom stereocenters. The van der Waals surface area contributed by atoms with E-state index in [4.69, 9.17) is 0 Å². The van der Waals surface area contributed by atoms with Gasteiger partial charge in [0.15, 0.2) is 0 Å². The van der Waals surface area contributed by atoms with Crippen molar-refractivity contribution < 1.29 is 4.39 Å². The molecule has 1 fully saturated rings. The molecular weight excluding hydrogens is 251 g/mol. The number of hydrogen-bond donors (Lipinski definition) is 1. The van der Waals surface area contributed by atoms with Crippen LogP contribution in [0.25, 0.3) is 0 Å². The van der Waals surface area contributed by atoms with E-state index >= 15 is 0 Å². The zero-order valence-electron chi connectivity index (χ0n) is 13.0. The molecule has 0 aliphatic carbocycles. The van der Waals surface area contributed by atoms with E-state index in [1.54, 1.807) is 12.1 Å². The first-order valence-corrected chi connectivity index (χ1v) is 7.87. The number of rotatable bonds is 6. The summed E-state index contributed by atoms with van der Waals surface area (Å²) in [6.07, 6.45) is 3.64. The SMILES string of the molecule is CCNCc1cc(F)cc(N2CCC(CC)(CC)C2)c1. The van der Waals surface area contributed by atoms with E-state index in [1.165, 1.54) is 19.3 Å². The van der Waals surface area contributed by atoms with Gasteiger partial charge in [-0.15, -0.1) is 0 Å². The number of anilines is 1. The van der Waals surface area contributed by atoms with Crippen LogP contribution < -0.4 is 10.2 Å². The van der Waals surface area contributed by atoms with Gasteiger partial charge in [0.1, 0.15) is 5.82 Å². The molecule has 2 nitrogen and oxygen atoms in total. The first-order valence-electron chi connectivity index (χ1n) is 7.87. The Morgan fingerprint density at radius 2 is 1.95 bits per heavy atom. The van der Waals surface area contributed by atoms with Crippen molar-refractivity contribution in [1.29, 1.82) is 0 Å². The van der Waals surface area contributed by atoms with Crippen LogP contribution in [0.1, 0.15) is 45.6 Å². The van der Waals surface area contributed by atoms with Gasteiger partial charge in [-0.1, -0.05) is 20.8 Å². The van der Waals surface area contributed by atoms with Crippen LogP contribution in [-0.2, 0) is 6.54 Å². The Hall–Kier alpha value is -1.09. The third-order valence-electron chi connectivity index (χ3n) is 4.82. The lowest BCUT2D eigenvalue weighted by Gasteiger charge is -2.27. The molecule has 0 radical (unpaired) electrons. The van der Waals surface area contributed by atoms with Crippen LogP contribution in [0.5, 0.6) is 0 Å². The summed E-state index contributed by atoms with van der Waals surface area (Å²) in [5.74, 6) is -0.124. The molecular formula is C17H27FN2. The Morgan fingerprint density at radius 3 is 2.55 bits per heavy atom.